The summed E-state index contributed by atoms with van der Waals surface area (Å²) in [6.07, 6.45) is 0.298. The van der Waals surface area contributed by atoms with E-state index in [1.165, 1.54) is 11.3 Å². The van der Waals surface area contributed by atoms with E-state index in [-0.39, 0.29) is 18.4 Å². The van der Waals surface area contributed by atoms with E-state index in [2.05, 4.69) is 10.3 Å². The fourth-order valence-corrected chi connectivity index (χ4v) is 2.86. The first-order valence-corrected chi connectivity index (χ1v) is 7.99. The Morgan fingerprint density at radius 1 is 1.35 bits per heavy atom. The van der Waals surface area contributed by atoms with Crippen LogP contribution in [0.1, 0.15) is 39.9 Å². The maximum absolute atomic E-state index is 12.3. The maximum atomic E-state index is 12.3. The lowest BCUT2D eigenvalue weighted by Crippen LogP contribution is -2.29. The van der Waals surface area contributed by atoms with Crippen molar-refractivity contribution in [3.05, 3.63) is 52.0 Å². The zero-order valence-corrected chi connectivity index (χ0v) is 13.5. The number of nitrogens with zero attached hydrogens (tertiary/aromatic N) is 1. The summed E-state index contributed by atoms with van der Waals surface area (Å²) >= 11 is 1.35. The molecule has 1 amide bonds. The molecule has 2 rings (SSSR count). The van der Waals surface area contributed by atoms with Crippen LogP contribution in [0.5, 0.6) is 0 Å². The molecule has 0 radical (unpaired) electrons. The number of methoxy groups -OCH3 is 1. The van der Waals surface area contributed by atoms with Gasteiger partial charge in [0.1, 0.15) is 10.7 Å². The summed E-state index contributed by atoms with van der Waals surface area (Å²) in [4.78, 5) is 27.4. The molecule has 23 heavy (non-hydrogen) atoms. The molecule has 0 saturated carbocycles. The van der Waals surface area contributed by atoms with Crippen molar-refractivity contribution in [2.24, 2.45) is 0 Å². The van der Waals surface area contributed by atoms with Crippen LogP contribution in [0.3, 0.4) is 0 Å². The summed E-state index contributed by atoms with van der Waals surface area (Å²) in [5, 5.41) is 14.1. The van der Waals surface area contributed by atoms with Gasteiger partial charge in [-0.25, -0.2) is 4.98 Å². The van der Waals surface area contributed by atoms with Crippen LogP contribution in [-0.4, -0.2) is 29.1 Å². The number of benzene rings is 1. The van der Waals surface area contributed by atoms with Crippen LogP contribution < -0.4 is 5.32 Å². The third-order valence-electron chi connectivity index (χ3n) is 3.21. The van der Waals surface area contributed by atoms with Gasteiger partial charge in [-0.3, -0.25) is 9.59 Å². The lowest BCUT2D eigenvalue weighted by molar-refractivity contribution is -0.137. The Morgan fingerprint density at radius 3 is 2.74 bits per heavy atom. The standard InChI is InChI=1S/C16H18N2O4S/c1-22-9-14-17-13(10-23-14)16(21)18-12(7-8-15(19)20)11-5-3-2-4-6-11/h2-6,10,12H,7-9H2,1H3,(H,18,21)(H,19,20). The molecule has 1 heterocycles. The Bertz CT molecular complexity index is 657. The number of nitrogens with one attached hydrogen (secondary N) is 1. The first kappa shape index (κ1) is 17.1. The number of carboxylic acids is 1. The van der Waals surface area contributed by atoms with Crippen LogP contribution in [0.25, 0.3) is 0 Å². The second kappa shape index (κ2) is 8.40. The summed E-state index contributed by atoms with van der Waals surface area (Å²) in [5.41, 5.74) is 1.19. The second-order valence-electron chi connectivity index (χ2n) is 4.93. The maximum Gasteiger partial charge on any atom is 0.303 e. The highest BCUT2D eigenvalue weighted by atomic mass is 32.1. The molecule has 0 aliphatic carbocycles. The van der Waals surface area contributed by atoms with E-state index in [1.54, 1.807) is 12.5 Å². The van der Waals surface area contributed by atoms with E-state index < -0.39 is 5.97 Å². The third-order valence-corrected chi connectivity index (χ3v) is 4.03. The smallest absolute Gasteiger partial charge is 0.303 e. The Balaban J connectivity index is 2.09. The van der Waals surface area contributed by atoms with Crippen molar-refractivity contribution in [3.8, 4) is 0 Å². The summed E-state index contributed by atoms with van der Waals surface area (Å²) in [6, 6.07) is 8.95. The number of carbonyl (C=O) groups is 2. The number of aromatic nitrogens is 1. The number of carbonyl (C=O) groups excluding carboxylic acids is 1. The van der Waals surface area contributed by atoms with Crippen LogP contribution in [0.2, 0.25) is 0 Å². The molecule has 0 spiro atoms. The Kier molecular flexibility index (Phi) is 6.25. The van der Waals surface area contributed by atoms with E-state index in [1.807, 2.05) is 30.3 Å². The van der Waals surface area contributed by atoms with Crippen LogP contribution in [0, 0.1) is 0 Å². The highest BCUT2D eigenvalue weighted by Crippen LogP contribution is 2.19. The Hall–Kier alpha value is -2.25. The number of amides is 1. The molecule has 2 N–H and O–H groups in total. The van der Waals surface area contributed by atoms with Gasteiger partial charge in [0, 0.05) is 18.9 Å². The van der Waals surface area contributed by atoms with Crippen molar-refractivity contribution in [3.63, 3.8) is 0 Å². The molecule has 1 unspecified atom stereocenters. The number of carboxylic acid groups (broad SMARTS) is 1. The molecule has 0 aliphatic rings. The molecule has 0 saturated heterocycles. The van der Waals surface area contributed by atoms with Crippen molar-refractivity contribution < 1.29 is 19.4 Å². The van der Waals surface area contributed by atoms with Crippen molar-refractivity contribution in [2.45, 2.75) is 25.5 Å². The lowest BCUT2D eigenvalue weighted by Gasteiger charge is -2.18. The first-order chi connectivity index (χ1) is 11.1. The van der Waals surface area contributed by atoms with E-state index in [0.29, 0.717) is 18.7 Å². The zero-order valence-electron chi connectivity index (χ0n) is 12.7. The minimum atomic E-state index is -0.892. The molecule has 6 nitrogen and oxygen atoms in total. The molecule has 0 bridgehead atoms. The average Bonchev–Trinajstić information content (AvgIpc) is 3.01. The lowest BCUT2D eigenvalue weighted by atomic mass is 10.0. The van der Waals surface area contributed by atoms with E-state index in [0.717, 1.165) is 10.6 Å². The minimum absolute atomic E-state index is 0.0220. The van der Waals surface area contributed by atoms with Crippen LogP contribution in [0.4, 0.5) is 0 Å². The van der Waals surface area contributed by atoms with Gasteiger partial charge in [0.2, 0.25) is 0 Å². The molecular formula is C16H18N2O4S. The first-order valence-electron chi connectivity index (χ1n) is 7.11. The van der Waals surface area contributed by atoms with Gasteiger partial charge in [-0.2, -0.15) is 0 Å². The fraction of sp³-hybridized carbons (Fsp3) is 0.312. The molecule has 1 aromatic carbocycles. The average molecular weight is 334 g/mol. The van der Waals surface area contributed by atoms with Gasteiger partial charge in [-0.1, -0.05) is 30.3 Å². The number of hydrogen-bond donors (Lipinski definition) is 2. The van der Waals surface area contributed by atoms with Gasteiger partial charge in [0.25, 0.3) is 5.91 Å². The largest absolute Gasteiger partial charge is 0.481 e. The van der Waals surface area contributed by atoms with Crippen molar-refractivity contribution in [1.29, 1.82) is 0 Å². The number of thiazole rings is 1. The van der Waals surface area contributed by atoms with Crippen LogP contribution in [-0.2, 0) is 16.1 Å². The molecular weight excluding hydrogens is 316 g/mol. The number of aliphatic carboxylic acids is 1. The van der Waals surface area contributed by atoms with Crippen LogP contribution >= 0.6 is 11.3 Å². The Morgan fingerprint density at radius 2 is 2.09 bits per heavy atom. The number of rotatable bonds is 8. The zero-order chi connectivity index (χ0) is 16.7. The van der Waals surface area contributed by atoms with Gasteiger partial charge in [0.15, 0.2) is 0 Å². The SMILES string of the molecule is COCc1nc(C(=O)NC(CCC(=O)O)c2ccccc2)cs1. The summed E-state index contributed by atoms with van der Waals surface area (Å²) < 4.78 is 4.99. The van der Waals surface area contributed by atoms with Gasteiger partial charge >= 0.3 is 5.97 Å². The second-order valence-corrected chi connectivity index (χ2v) is 5.87. The predicted molar refractivity (Wildman–Crippen MR) is 86.3 cm³/mol. The fourth-order valence-electron chi connectivity index (χ4n) is 2.11. The molecule has 7 heteroatoms. The van der Waals surface area contributed by atoms with Gasteiger partial charge in [-0.05, 0) is 12.0 Å². The Labute approximate surface area is 138 Å². The monoisotopic (exact) mass is 334 g/mol. The van der Waals surface area contributed by atoms with Crippen molar-refractivity contribution >= 4 is 23.2 Å². The summed E-state index contributed by atoms with van der Waals surface area (Å²) in [6.45, 7) is 0.360. The summed E-state index contributed by atoms with van der Waals surface area (Å²) in [5.74, 6) is -1.21. The van der Waals surface area contributed by atoms with E-state index in [9.17, 15) is 9.59 Å². The quantitative estimate of drug-likeness (QED) is 0.775. The van der Waals surface area contributed by atoms with E-state index in [4.69, 9.17) is 9.84 Å². The van der Waals surface area contributed by atoms with Crippen molar-refractivity contribution in [1.82, 2.24) is 10.3 Å². The normalized spacial score (nSPS) is 11.9. The van der Waals surface area contributed by atoms with Crippen LogP contribution in [0.15, 0.2) is 35.7 Å². The van der Waals surface area contributed by atoms with Gasteiger partial charge in [0.05, 0.1) is 12.6 Å². The highest BCUT2D eigenvalue weighted by molar-refractivity contribution is 7.09. The molecule has 0 aliphatic heterocycles. The number of hydrogen-bond acceptors (Lipinski definition) is 5. The van der Waals surface area contributed by atoms with E-state index >= 15 is 0 Å². The highest BCUT2D eigenvalue weighted by Gasteiger charge is 2.18. The molecule has 1 aromatic heterocycles. The molecule has 122 valence electrons. The molecule has 2 aromatic rings. The third kappa shape index (κ3) is 5.15. The predicted octanol–water partition coefficient (Wildman–Crippen LogP) is 2.63. The topological polar surface area (TPSA) is 88.5 Å². The van der Waals surface area contributed by atoms with Gasteiger partial charge < -0.3 is 15.2 Å². The van der Waals surface area contributed by atoms with Crippen molar-refractivity contribution in [2.75, 3.05) is 7.11 Å². The molecule has 1 atom stereocenters. The molecule has 0 fully saturated rings. The van der Waals surface area contributed by atoms with Gasteiger partial charge in [-0.15, -0.1) is 11.3 Å². The summed E-state index contributed by atoms with van der Waals surface area (Å²) in [7, 11) is 1.57. The number of ether oxygens (including phenoxy) is 1. The minimum Gasteiger partial charge on any atom is -0.481 e.